The summed E-state index contributed by atoms with van der Waals surface area (Å²) < 4.78 is 0. The molecule has 0 fully saturated rings. The van der Waals surface area contributed by atoms with E-state index in [4.69, 9.17) is 0 Å². The minimum absolute atomic E-state index is 0.906. The van der Waals surface area contributed by atoms with Gasteiger partial charge in [0.2, 0.25) is 0 Å². The number of hydrogen-bond acceptors (Lipinski definition) is 0. The number of rotatable bonds is 35. The van der Waals surface area contributed by atoms with Gasteiger partial charge >= 0.3 is 0 Å². The molecule has 0 N–H and O–H groups in total. The third-order valence-electron chi connectivity index (χ3n) is 9.34. The van der Waals surface area contributed by atoms with E-state index < -0.39 is 0 Å². The molecule has 1 atom stereocenters. The van der Waals surface area contributed by atoms with Crippen LogP contribution in [0.1, 0.15) is 239 Å². The van der Waals surface area contributed by atoms with Crippen LogP contribution in [0.4, 0.5) is 0 Å². The summed E-state index contributed by atoms with van der Waals surface area (Å²) in [5.74, 6) is 0.906. The van der Waals surface area contributed by atoms with E-state index in [0.29, 0.717) is 0 Å². The van der Waals surface area contributed by atoms with Crippen LogP contribution in [0, 0.1) is 12.8 Å². The zero-order valence-electron chi connectivity index (χ0n) is 28.0. The van der Waals surface area contributed by atoms with Crippen molar-refractivity contribution in [2.75, 3.05) is 0 Å². The van der Waals surface area contributed by atoms with Crippen LogP contribution in [-0.4, -0.2) is 0 Å². The second kappa shape index (κ2) is 36.0. The Morgan fingerprint density at radius 1 is 0.282 bits per heavy atom. The SMILES string of the molecule is [CH2]CC(CCCCCCCCCCCCCCCCC)CCCCCCCCCCCCCCCCCCC. The van der Waals surface area contributed by atoms with E-state index in [9.17, 15) is 0 Å². The van der Waals surface area contributed by atoms with E-state index in [1.807, 2.05) is 0 Å². The summed E-state index contributed by atoms with van der Waals surface area (Å²) in [4.78, 5) is 0. The summed E-state index contributed by atoms with van der Waals surface area (Å²) in [5.41, 5.74) is 0. The van der Waals surface area contributed by atoms with Gasteiger partial charge in [0, 0.05) is 0 Å². The second-order valence-electron chi connectivity index (χ2n) is 13.3. The van der Waals surface area contributed by atoms with Gasteiger partial charge in [-0.25, -0.2) is 0 Å². The quantitative estimate of drug-likeness (QED) is 0.0692. The molecule has 0 aromatic heterocycles. The van der Waals surface area contributed by atoms with Crippen molar-refractivity contribution in [1.82, 2.24) is 0 Å². The van der Waals surface area contributed by atoms with E-state index in [0.717, 1.165) is 12.3 Å². The lowest BCUT2D eigenvalue weighted by Gasteiger charge is -2.14. The predicted octanol–water partition coefficient (Wildman–Crippen LogP) is 15.1. The zero-order chi connectivity index (χ0) is 28.3. The molecule has 0 aliphatic heterocycles. The third kappa shape index (κ3) is 34.1. The first-order chi connectivity index (χ1) is 19.3. The molecule has 39 heavy (non-hydrogen) atoms. The Labute approximate surface area is 251 Å². The Bertz CT molecular complexity index is 399. The molecule has 235 valence electrons. The minimum Gasteiger partial charge on any atom is -0.0654 e. The molecule has 0 saturated heterocycles. The molecular formula is C39H79. The van der Waals surface area contributed by atoms with E-state index in [-0.39, 0.29) is 0 Å². The van der Waals surface area contributed by atoms with Crippen molar-refractivity contribution in [3.8, 4) is 0 Å². The summed E-state index contributed by atoms with van der Waals surface area (Å²) in [6.45, 7) is 8.89. The number of unbranched alkanes of at least 4 members (excludes halogenated alkanes) is 30. The lowest BCUT2D eigenvalue weighted by atomic mass is 9.92. The molecule has 0 bridgehead atoms. The molecule has 0 aliphatic rings. The molecule has 0 aromatic rings. The highest BCUT2D eigenvalue weighted by atomic mass is 14.1. The highest BCUT2D eigenvalue weighted by Crippen LogP contribution is 2.22. The van der Waals surface area contributed by atoms with Gasteiger partial charge in [-0.3, -0.25) is 0 Å². The minimum atomic E-state index is 0.906. The molecule has 0 nitrogen and oxygen atoms in total. The Morgan fingerprint density at radius 2 is 0.462 bits per heavy atom. The van der Waals surface area contributed by atoms with Crippen LogP contribution < -0.4 is 0 Å². The third-order valence-corrected chi connectivity index (χ3v) is 9.34. The van der Waals surface area contributed by atoms with E-state index in [1.54, 1.807) is 0 Å². The summed E-state index contributed by atoms with van der Waals surface area (Å²) >= 11 is 0. The highest BCUT2D eigenvalue weighted by molar-refractivity contribution is 4.62. The van der Waals surface area contributed by atoms with Crippen LogP contribution in [0.2, 0.25) is 0 Å². The average molecular weight is 548 g/mol. The largest absolute Gasteiger partial charge is 0.0654 e. The fourth-order valence-corrected chi connectivity index (χ4v) is 6.40. The molecule has 0 aromatic carbocycles. The van der Waals surface area contributed by atoms with Crippen LogP contribution in [-0.2, 0) is 0 Å². The van der Waals surface area contributed by atoms with Crippen LogP contribution in [0.15, 0.2) is 0 Å². The van der Waals surface area contributed by atoms with Gasteiger partial charge in [0.1, 0.15) is 0 Å². The first kappa shape index (κ1) is 39.0. The van der Waals surface area contributed by atoms with Crippen LogP contribution in [0.5, 0.6) is 0 Å². The van der Waals surface area contributed by atoms with Gasteiger partial charge in [-0.05, 0) is 5.92 Å². The fraction of sp³-hybridized carbons (Fsp3) is 0.974. The van der Waals surface area contributed by atoms with Crippen LogP contribution >= 0.6 is 0 Å². The van der Waals surface area contributed by atoms with Gasteiger partial charge in [0.05, 0.1) is 0 Å². The van der Waals surface area contributed by atoms with Crippen LogP contribution in [0.3, 0.4) is 0 Å². The van der Waals surface area contributed by atoms with Gasteiger partial charge in [0.15, 0.2) is 0 Å². The molecule has 0 aliphatic carbocycles. The van der Waals surface area contributed by atoms with Crippen LogP contribution in [0.25, 0.3) is 0 Å². The van der Waals surface area contributed by atoms with Gasteiger partial charge < -0.3 is 0 Å². The maximum Gasteiger partial charge on any atom is -0.0414 e. The molecule has 0 heteroatoms. The normalized spacial score (nSPS) is 12.4. The Balaban J connectivity index is 3.25. The first-order valence-electron chi connectivity index (χ1n) is 19.1. The van der Waals surface area contributed by atoms with E-state index in [2.05, 4.69) is 20.8 Å². The molecule has 0 rings (SSSR count). The van der Waals surface area contributed by atoms with Crippen molar-refractivity contribution >= 4 is 0 Å². The van der Waals surface area contributed by atoms with Gasteiger partial charge in [-0.2, -0.15) is 0 Å². The van der Waals surface area contributed by atoms with Crippen molar-refractivity contribution in [3.63, 3.8) is 0 Å². The monoisotopic (exact) mass is 548 g/mol. The van der Waals surface area contributed by atoms with Gasteiger partial charge in [0.25, 0.3) is 0 Å². The summed E-state index contributed by atoms with van der Waals surface area (Å²) in [7, 11) is 0. The maximum absolute atomic E-state index is 4.27. The topological polar surface area (TPSA) is 0 Å². The second-order valence-corrected chi connectivity index (χ2v) is 13.3. The lowest BCUT2D eigenvalue weighted by Crippen LogP contribution is -1.99. The van der Waals surface area contributed by atoms with E-state index >= 15 is 0 Å². The molecule has 0 saturated carbocycles. The Kier molecular flexibility index (Phi) is 36.0. The fourth-order valence-electron chi connectivity index (χ4n) is 6.40. The highest BCUT2D eigenvalue weighted by Gasteiger charge is 2.06. The first-order valence-corrected chi connectivity index (χ1v) is 19.1. The zero-order valence-corrected chi connectivity index (χ0v) is 28.0. The standard InChI is InChI=1S/C39H79/c1-4-7-9-11-13-15-17-19-21-22-24-26-28-30-32-34-36-38-39(6-3)37-35-33-31-29-27-25-23-20-18-16-14-12-10-8-5-2/h39H,3-38H2,1-2H3. The molecule has 1 unspecified atom stereocenters. The molecule has 1 radical (unpaired) electrons. The maximum atomic E-state index is 4.27. The molecule has 0 spiro atoms. The Morgan fingerprint density at radius 3 is 0.641 bits per heavy atom. The van der Waals surface area contributed by atoms with Gasteiger partial charge in [-0.1, -0.05) is 245 Å². The lowest BCUT2D eigenvalue weighted by molar-refractivity contribution is 0.404. The molecule has 0 heterocycles. The van der Waals surface area contributed by atoms with Crippen molar-refractivity contribution in [2.24, 2.45) is 5.92 Å². The number of hydrogen-bond donors (Lipinski definition) is 0. The predicted molar refractivity (Wildman–Crippen MR) is 182 cm³/mol. The Hall–Kier alpha value is 0. The summed E-state index contributed by atoms with van der Waals surface area (Å²) in [6, 6.07) is 0. The summed E-state index contributed by atoms with van der Waals surface area (Å²) in [6.07, 6.45) is 51.0. The average Bonchev–Trinajstić information content (AvgIpc) is 2.95. The van der Waals surface area contributed by atoms with Gasteiger partial charge in [-0.15, -0.1) is 0 Å². The van der Waals surface area contributed by atoms with Crippen molar-refractivity contribution in [3.05, 3.63) is 6.92 Å². The van der Waals surface area contributed by atoms with E-state index in [1.165, 1.54) is 218 Å². The summed E-state index contributed by atoms with van der Waals surface area (Å²) in [5, 5.41) is 0. The smallest absolute Gasteiger partial charge is 0.0414 e. The van der Waals surface area contributed by atoms with Crippen molar-refractivity contribution < 1.29 is 0 Å². The van der Waals surface area contributed by atoms with Crippen molar-refractivity contribution in [1.29, 1.82) is 0 Å². The molecule has 0 amide bonds. The van der Waals surface area contributed by atoms with Crippen molar-refractivity contribution in [2.45, 2.75) is 239 Å². The molecular weight excluding hydrogens is 468 g/mol.